The summed E-state index contributed by atoms with van der Waals surface area (Å²) in [6.45, 7) is 9.95. The fourth-order valence-corrected chi connectivity index (χ4v) is 8.89. The zero-order chi connectivity index (χ0) is 18.6. The fourth-order valence-electron chi connectivity index (χ4n) is 4.05. The standard InChI is InChI=1S/C24H32Si2/c1-25(2,23-15-7-5-8-16-23)19-21-13-11-12-14-22(21)20-26(3,4)24-17-9-6-10-18-24/h5-10,15-20H,11-14H2,1-4H3. The molecule has 0 aromatic heterocycles. The van der Waals surface area contributed by atoms with E-state index in [9.17, 15) is 0 Å². The predicted molar refractivity (Wildman–Crippen MR) is 122 cm³/mol. The van der Waals surface area contributed by atoms with E-state index in [1.165, 1.54) is 36.1 Å². The Morgan fingerprint density at radius 1 is 0.577 bits per heavy atom. The van der Waals surface area contributed by atoms with Crippen LogP contribution in [0.4, 0.5) is 0 Å². The van der Waals surface area contributed by atoms with E-state index in [1.807, 2.05) is 0 Å². The molecule has 1 fully saturated rings. The lowest BCUT2D eigenvalue weighted by Gasteiger charge is -2.28. The van der Waals surface area contributed by atoms with E-state index in [-0.39, 0.29) is 0 Å². The van der Waals surface area contributed by atoms with Crippen LogP contribution in [0.1, 0.15) is 25.7 Å². The van der Waals surface area contributed by atoms with Crippen molar-refractivity contribution in [1.82, 2.24) is 0 Å². The second-order valence-electron chi connectivity index (χ2n) is 8.72. The van der Waals surface area contributed by atoms with Gasteiger partial charge in [0.05, 0.1) is 0 Å². The SMILES string of the molecule is C[Si](C)(C=C1CCCCC1=C[Si](C)(C)c1ccccc1)c1ccccc1. The van der Waals surface area contributed by atoms with Crippen molar-refractivity contribution in [3.63, 3.8) is 0 Å². The Kier molecular flexibility index (Phi) is 5.84. The van der Waals surface area contributed by atoms with Crippen molar-refractivity contribution < 1.29 is 0 Å². The smallest absolute Gasteiger partial charge is 0.0868 e. The second kappa shape index (κ2) is 7.93. The Balaban J connectivity index is 1.95. The molecule has 136 valence electrons. The molecule has 2 heteroatoms. The topological polar surface area (TPSA) is 0 Å². The third kappa shape index (κ3) is 4.55. The number of hydrogen-bond acceptors (Lipinski definition) is 0. The lowest BCUT2D eigenvalue weighted by Crippen LogP contribution is -2.41. The Morgan fingerprint density at radius 3 is 1.27 bits per heavy atom. The highest BCUT2D eigenvalue weighted by atomic mass is 28.3. The number of rotatable bonds is 4. The van der Waals surface area contributed by atoms with E-state index >= 15 is 0 Å². The van der Waals surface area contributed by atoms with Gasteiger partial charge in [0.2, 0.25) is 0 Å². The van der Waals surface area contributed by atoms with E-state index in [4.69, 9.17) is 0 Å². The van der Waals surface area contributed by atoms with Crippen LogP contribution in [0.2, 0.25) is 26.2 Å². The third-order valence-corrected chi connectivity index (χ3v) is 11.4. The summed E-state index contributed by atoms with van der Waals surface area (Å²) in [5.41, 5.74) is 8.66. The van der Waals surface area contributed by atoms with E-state index in [0.29, 0.717) is 0 Å². The van der Waals surface area contributed by atoms with Gasteiger partial charge in [-0.1, -0.05) is 120 Å². The van der Waals surface area contributed by atoms with E-state index in [2.05, 4.69) is 98.3 Å². The normalized spacial score (nSPS) is 19.1. The molecule has 3 rings (SSSR count). The quantitative estimate of drug-likeness (QED) is 0.598. The van der Waals surface area contributed by atoms with Crippen LogP contribution in [0.25, 0.3) is 0 Å². The maximum atomic E-state index is 2.68. The van der Waals surface area contributed by atoms with Gasteiger partial charge >= 0.3 is 0 Å². The van der Waals surface area contributed by atoms with E-state index in [0.717, 1.165) is 0 Å². The minimum Gasteiger partial charge on any atom is -0.0868 e. The average Bonchev–Trinajstić information content (AvgIpc) is 2.64. The highest BCUT2D eigenvalue weighted by Gasteiger charge is 2.26. The molecule has 0 N–H and O–H groups in total. The van der Waals surface area contributed by atoms with Gasteiger partial charge in [0.15, 0.2) is 0 Å². The van der Waals surface area contributed by atoms with Gasteiger partial charge < -0.3 is 0 Å². The highest BCUT2D eigenvalue weighted by Crippen LogP contribution is 2.31. The molecule has 0 amide bonds. The molecule has 0 nitrogen and oxygen atoms in total. The van der Waals surface area contributed by atoms with E-state index in [1.54, 1.807) is 11.1 Å². The summed E-state index contributed by atoms with van der Waals surface area (Å²) in [5.74, 6) is 0. The first-order valence-electron chi connectivity index (χ1n) is 9.93. The van der Waals surface area contributed by atoms with Gasteiger partial charge in [-0.15, -0.1) is 0 Å². The molecule has 0 radical (unpaired) electrons. The van der Waals surface area contributed by atoms with Crippen molar-refractivity contribution >= 4 is 26.5 Å². The summed E-state index contributed by atoms with van der Waals surface area (Å²) in [5, 5.41) is 3.08. The largest absolute Gasteiger partial charge is 0.104 e. The molecule has 0 unspecified atom stereocenters. The number of allylic oxidation sites excluding steroid dienone is 2. The molecule has 0 saturated heterocycles. The lowest BCUT2D eigenvalue weighted by atomic mass is 9.92. The Labute approximate surface area is 161 Å². The third-order valence-electron chi connectivity index (χ3n) is 5.66. The van der Waals surface area contributed by atoms with Crippen LogP contribution in [0.5, 0.6) is 0 Å². The molecule has 1 aliphatic carbocycles. The van der Waals surface area contributed by atoms with Crippen molar-refractivity contribution in [1.29, 1.82) is 0 Å². The zero-order valence-electron chi connectivity index (χ0n) is 16.8. The molecule has 2 aromatic carbocycles. The minimum atomic E-state index is -1.55. The van der Waals surface area contributed by atoms with Crippen molar-refractivity contribution in [3.05, 3.63) is 83.2 Å². The summed E-state index contributed by atoms with van der Waals surface area (Å²) >= 11 is 0. The van der Waals surface area contributed by atoms with Gasteiger partial charge in [0.25, 0.3) is 0 Å². The van der Waals surface area contributed by atoms with Crippen LogP contribution in [-0.4, -0.2) is 16.1 Å². The van der Waals surface area contributed by atoms with Crippen LogP contribution < -0.4 is 10.4 Å². The molecule has 0 spiro atoms. The van der Waals surface area contributed by atoms with Gasteiger partial charge in [0.1, 0.15) is 16.1 Å². The lowest BCUT2D eigenvalue weighted by molar-refractivity contribution is 0.680. The zero-order valence-corrected chi connectivity index (χ0v) is 18.8. The highest BCUT2D eigenvalue weighted by molar-refractivity contribution is 6.94. The summed E-state index contributed by atoms with van der Waals surface area (Å²) in [7, 11) is -3.10. The number of benzene rings is 2. The van der Waals surface area contributed by atoms with Crippen LogP contribution in [0.15, 0.2) is 83.2 Å². The van der Waals surface area contributed by atoms with Crippen LogP contribution in [-0.2, 0) is 0 Å². The van der Waals surface area contributed by atoms with Crippen molar-refractivity contribution in [2.75, 3.05) is 0 Å². The van der Waals surface area contributed by atoms with Gasteiger partial charge in [-0.3, -0.25) is 0 Å². The van der Waals surface area contributed by atoms with Gasteiger partial charge in [0, 0.05) is 0 Å². The fraction of sp³-hybridized carbons (Fsp3) is 0.333. The summed E-state index contributed by atoms with van der Waals surface area (Å²) in [6.07, 6.45) is 5.20. The first-order chi connectivity index (χ1) is 12.4. The van der Waals surface area contributed by atoms with Crippen molar-refractivity contribution in [2.45, 2.75) is 51.9 Å². The second-order valence-corrected chi connectivity index (χ2v) is 17.3. The molecule has 1 saturated carbocycles. The summed E-state index contributed by atoms with van der Waals surface area (Å²) in [4.78, 5) is 0. The minimum absolute atomic E-state index is 1.26. The Bertz CT molecular complexity index is 714. The maximum absolute atomic E-state index is 2.68. The van der Waals surface area contributed by atoms with Gasteiger partial charge in [-0.05, 0) is 25.7 Å². The molecule has 0 heterocycles. The van der Waals surface area contributed by atoms with Crippen LogP contribution in [0, 0.1) is 0 Å². The number of hydrogen-bond donors (Lipinski definition) is 0. The Morgan fingerprint density at radius 2 is 0.923 bits per heavy atom. The monoisotopic (exact) mass is 376 g/mol. The van der Waals surface area contributed by atoms with Crippen LogP contribution >= 0.6 is 0 Å². The van der Waals surface area contributed by atoms with Crippen molar-refractivity contribution in [2.24, 2.45) is 0 Å². The molecular weight excluding hydrogens is 344 g/mol. The van der Waals surface area contributed by atoms with Gasteiger partial charge in [-0.2, -0.15) is 0 Å². The van der Waals surface area contributed by atoms with Crippen LogP contribution in [0.3, 0.4) is 0 Å². The molecular formula is C24H32Si2. The van der Waals surface area contributed by atoms with Crippen molar-refractivity contribution in [3.8, 4) is 0 Å². The summed E-state index contributed by atoms with van der Waals surface area (Å²) < 4.78 is 0. The first-order valence-corrected chi connectivity index (χ1v) is 16.1. The first kappa shape index (κ1) is 19.1. The molecule has 2 aromatic rings. The maximum Gasteiger partial charge on any atom is 0.104 e. The molecule has 26 heavy (non-hydrogen) atoms. The molecule has 0 bridgehead atoms. The molecule has 0 atom stereocenters. The molecule has 1 aliphatic rings. The average molecular weight is 377 g/mol. The summed E-state index contributed by atoms with van der Waals surface area (Å²) in [6, 6.07) is 22.3. The van der Waals surface area contributed by atoms with E-state index < -0.39 is 16.1 Å². The van der Waals surface area contributed by atoms with Gasteiger partial charge in [-0.25, -0.2) is 0 Å². The molecule has 0 aliphatic heterocycles. The Hall–Kier alpha value is -1.65. The predicted octanol–water partition coefficient (Wildman–Crippen LogP) is 5.72.